The van der Waals surface area contributed by atoms with E-state index in [1.807, 2.05) is 42.6 Å². The van der Waals surface area contributed by atoms with Gasteiger partial charge in [-0.3, -0.25) is 9.88 Å². The number of morpholine rings is 1. The van der Waals surface area contributed by atoms with Crippen LogP contribution in [0.1, 0.15) is 6.42 Å². The van der Waals surface area contributed by atoms with Crippen molar-refractivity contribution in [3.8, 4) is 22.5 Å². The predicted molar refractivity (Wildman–Crippen MR) is 116 cm³/mol. The largest absolute Gasteiger partial charge is 0.379 e. The Morgan fingerprint density at radius 3 is 2.62 bits per heavy atom. The van der Waals surface area contributed by atoms with Crippen LogP contribution in [0, 0.1) is 0 Å². The summed E-state index contributed by atoms with van der Waals surface area (Å²) in [5.41, 5.74) is 2.88. The van der Waals surface area contributed by atoms with Crippen molar-refractivity contribution in [2.24, 2.45) is 0 Å². The molecule has 0 amide bonds. The van der Waals surface area contributed by atoms with Gasteiger partial charge in [-0.1, -0.05) is 23.7 Å². The summed E-state index contributed by atoms with van der Waals surface area (Å²) in [5, 5.41) is 4.22. The summed E-state index contributed by atoms with van der Waals surface area (Å²) in [6, 6.07) is 11.6. The highest BCUT2D eigenvalue weighted by Crippen LogP contribution is 2.29. The van der Waals surface area contributed by atoms with E-state index in [2.05, 4.69) is 20.2 Å². The fourth-order valence-corrected chi connectivity index (χ4v) is 3.45. The quantitative estimate of drug-likeness (QED) is 0.595. The molecule has 1 saturated heterocycles. The lowest BCUT2D eigenvalue weighted by atomic mass is 10.1. The van der Waals surface area contributed by atoms with Crippen LogP contribution in [0.15, 0.2) is 55.0 Å². The van der Waals surface area contributed by atoms with Gasteiger partial charge in [0, 0.05) is 54.4 Å². The summed E-state index contributed by atoms with van der Waals surface area (Å²) in [6.07, 6.45) is 6.42. The lowest BCUT2D eigenvalue weighted by molar-refractivity contribution is 0.0378. The summed E-state index contributed by atoms with van der Waals surface area (Å²) in [6.45, 7) is 5.56. The smallest absolute Gasteiger partial charge is 0.163 e. The first-order valence-corrected chi connectivity index (χ1v) is 10.2. The van der Waals surface area contributed by atoms with Crippen molar-refractivity contribution in [1.29, 1.82) is 0 Å². The zero-order valence-electron chi connectivity index (χ0n) is 16.2. The fourth-order valence-electron chi connectivity index (χ4n) is 3.33. The van der Waals surface area contributed by atoms with Gasteiger partial charge in [0.05, 0.1) is 13.2 Å². The van der Waals surface area contributed by atoms with Gasteiger partial charge in [-0.05, 0) is 42.8 Å². The number of ether oxygens (including phenoxy) is 1. The van der Waals surface area contributed by atoms with Gasteiger partial charge < -0.3 is 10.1 Å². The predicted octanol–water partition coefficient (Wildman–Crippen LogP) is 3.99. The van der Waals surface area contributed by atoms with Gasteiger partial charge in [0.2, 0.25) is 0 Å². The fraction of sp³-hybridized carbons (Fsp3) is 0.318. The highest BCUT2D eigenvalue weighted by Gasteiger charge is 2.12. The van der Waals surface area contributed by atoms with E-state index in [0.717, 1.165) is 68.3 Å². The number of halogens is 1. The molecule has 0 radical (unpaired) electrons. The first kappa shape index (κ1) is 19.8. The Morgan fingerprint density at radius 2 is 1.86 bits per heavy atom. The maximum Gasteiger partial charge on any atom is 0.163 e. The number of benzene rings is 1. The second-order valence-corrected chi connectivity index (χ2v) is 7.38. The summed E-state index contributed by atoms with van der Waals surface area (Å²) >= 11 is 6.05. The third-order valence-corrected chi connectivity index (χ3v) is 5.16. The van der Waals surface area contributed by atoms with Crippen LogP contribution in [0.5, 0.6) is 0 Å². The number of anilines is 1. The molecule has 4 rings (SSSR count). The Hall–Kier alpha value is -2.54. The van der Waals surface area contributed by atoms with Crippen molar-refractivity contribution in [3.05, 3.63) is 60.0 Å². The SMILES string of the molecule is Clc1ccc(-c2cnc(-c3cccnc3)nc2NCCCN2CCOCC2)cc1. The number of nitrogens with one attached hydrogen (secondary N) is 1. The topological polar surface area (TPSA) is 63.2 Å². The molecule has 150 valence electrons. The minimum Gasteiger partial charge on any atom is -0.379 e. The first-order chi connectivity index (χ1) is 14.3. The van der Waals surface area contributed by atoms with Crippen LogP contribution < -0.4 is 5.32 Å². The van der Waals surface area contributed by atoms with Gasteiger partial charge in [0.25, 0.3) is 0 Å². The third kappa shape index (κ3) is 5.29. The van der Waals surface area contributed by atoms with Crippen LogP contribution in [0.4, 0.5) is 5.82 Å². The van der Waals surface area contributed by atoms with Gasteiger partial charge in [-0.2, -0.15) is 0 Å². The number of pyridine rings is 1. The molecule has 1 N–H and O–H groups in total. The Kier molecular flexibility index (Phi) is 6.67. The number of hydrogen-bond acceptors (Lipinski definition) is 6. The average molecular weight is 410 g/mol. The molecule has 1 aliphatic rings. The lowest BCUT2D eigenvalue weighted by Crippen LogP contribution is -2.37. The van der Waals surface area contributed by atoms with Crippen LogP contribution in [0.25, 0.3) is 22.5 Å². The Morgan fingerprint density at radius 1 is 1.03 bits per heavy atom. The molecule has 0 unspecified atom stereocenters. The molecule has 29 heavy (non-hydrogen) atoms. The molecule has 0 bridgehead atoms. The zero-order valence-corrected chi connectivity index (χ0v) is 17.0. The van der Waals surface area contributed by atoms with Crippen LogP contribution >= 0.6 is 11.6 Å². The Labute approximate surface area is 175 Å². The normalized spacial score (nSPS) is 14.7. The van der Waals surface area contributed by atoms with Crippen molar-refractivity contribution in [3.63, 3.8) is 0 Å². The number of hydrogen-bond donors (Lipinski definition) is 1. The Bertz CT molecular complexity index is 914. The van der Waals surface area contributed by atoms with Crippen LogP contribution in [-0.4, -0.2) is 59.2 Å². The summed E-state index contributed by atoms with van der Waals surface area (Å²) in [5.74, 6) is 1.48. The number of aromatic nitrogens is 3. The number of rotatable bonds is 7. The van der Waals surface area contributed by atoms with E-state index in [-0.39, 0.29) is 0 Å². The highest BCUT2D eigenvalue weighted by molar-refractivity contribution is 6.30. The number of nitrogens with zero attached hydrogens (tertiary/aromatic N) is 4. The molecule has 2 aromatic heterocycles. The lowest BCUT2D eigenvalue weighted by Gasteiger charge is -2.26. The second kappa shape index (κ2) is 9.78. The van der Waals surface area contributed by atoms with Crippen molar-refractivity contribution < 1.29 is 4.74 Å². The van der Waals surface area contributed by atoms with Crippen molar-refractivity contribution in [2.45, 2.75) is 6.42 Å². The van der Waals surface area contributed by atoms with Crippen molar-refractivity contribution in [2.75, 3.05) is 44.7 Å². The van der Waals surface area contributed by atoms with E-state index in [1.54, 1.807) is 12.4 Å². The van der Waals surface area contributed by atoms with Gasteiger partial charge in [0.1, 0.15) is 5.82 Å². The average Bonchev–Trinajstić information content (AvgIpc) is 2.79. The molecule has 1 fully saturated rings. The summed E-state index contributed by atoms with van der Waals surface area (Å²) in [4.78, 5) is 16.0. The molecule has 0 saturated carbocycles. The van der Waals surface area contributed by atoms with Crippen LogP contribution in [0.2, 0.25) is 5.02 Å². The van der Waals surface area contributed by atoms with E-state index < -0.39 is 0 Å². The Balaban J connectivity index is 1.52. The van der Waals surface area contributed by atoms with Crippen LogP contribution in [-0.2, 0) is 4.74 Å². The zero-order chi connectivity index (χ0) is 19.9. The minimum atomic E-state index is 0.659. The summed E-state index contributed by atoms with van der Waals surface area (Å²) in [7, 11) is 0. The maximum atomic E-state index is 6.05. The van der Waals surface area contributed by atoms with Crippen LogP contribution in [0.3, 0.4) is 0 Å². The second-order valence-electron chi connectivity index (χ2n) is 6.94. The molecule has 6 nitrogen and oxygen atoms in total. The minimum absolute atomic E-state index is 0.659. The monoisotopic (exact) mass is 409 g/mol. The van der Waals surface area contributed by atoms with E-state index in [4.69, 9.17) is 21.3 Å². The molecule has 3 heterocycles. The standard InChI is InChI=1S/C22H24ClN5O/c23-19-6-4-17(5-7-19)20-16-26-21(18-3-1-8-24-15-18)27-22(20)25-9-2-10-28-11-13-29-14-12-28/h1,3-8,15-16H,2,9-14H2,(H,25,26,27). The molecule has 1 aromatic carbocycles. The first-order valence-electron chi connectivity index (χ1n) is 9.87. The van der Waals surface area contributed by atoms with Gasteiger partial charge in [0.15, 0.2) is 5.82 Å². The molecular formula is C22H24ClN5O. The van der Waals surface area contributed by atoms with Gasteiger partial charge in [-0.15, -0.1) is 0 Å². The molecule has 0 atom stereocenters. The molecule has 1 aliphatic heterocycles. The molecule has 0 aliphatic carbocycles. The van der Waals surface area contributed by atoms with E-state index in [1.165, 1.54) is 0 Å². The summed E-state index contributed by atoms with van der Waals surface area (Å²) < 4.78 is 5.41. The third-order valence-electron chi connectivity index (χ3n) is 4.91. The van der Waals surface area contributed by atoms with E-state index in [0.29, 0.717) is 10.8 Å². The maximum absolute atomic E-state index is 6.05. The van der Waals surface area contributed by atoms with Gasteiger partial charge >= 0.3 is 0 Å². The van der Waals surface area contributed by atoms with Crippen molar-refractivity contribution >= 4 is 17.4 Å². The van der Waals surface area contributed by atoms with Gasteiger partial charge in [-0.25, -0.2) is 9.97 Å². The highest BCUT2D eigenvalue weighted by atomic mass is 35.5. The van der Waals surface area contributed by atoms with E-state index in [9.17, 15) is 0 Å². The molecule has 3 aromatic rings. The molecule has 0 spiro atoms. The molecule has 7 heteroatoms. The van der Waals surface area contributed by atoms with E-state index >= 15 is 0 Å². The van der Waals surface area contributed by atoms with Crippen molar-refractivity contribution in [1.82, 2.24) is 19.9 Å². The molecular weight excluding hydrogens is 386 g/mol.